The van der Waals surface area contributed by atoms with Gasteiger partial charge in [0.15, 0.2) is 4.34 Å². The van der Waals surface area contributed by atoms with Crippen molar-refractivity contribution < 1.29 is 9.53 Å². The number of aromatic nitrogens is 2. The maximum atomic E-state index is 12.4. The largest absolute Gasteiger partial charge is 0.497 e. The quantitative estimate of drug-likeness (QED) is 0.496. The number of methoxy groups -OCH3 is 1. The zero-order valence-electron chi connectivity index (χ0n) is 16.6. The Bertz CT molecular complexity index is 927. The molecule has 1 atom stereocenters. The summed E-state index contributed by atoms with van der Waals surface area (Å²) in [5.41, 5.74) is 3.41. The lowest BCUT2D eigenvalue weighted by Gasteiger charge is -2.10. The smallest absolute Gasteiger partial charge is 0.233 e. The van der Waals surface area contributed by atoms with Gasteiger partial charge in [-0.05, 0) is 37.1 Å². The predicted molar refractivity (Wildman–Crippen MR) is 119 cm³/mol. The highest BCUT2D eigenvalue weighted by Gasteiger charge is 2.17. The van der Waals surface area contributed by atoms with E-state index in [4.69, 9.17) is 4.74 Å². The molecule has 0 bridgehead atoms. The van der Waals surface area contributed by atoms with Crippen molar-refractivity contribution in [2.24, 2.45) is 0 Å². The average molecular weight is 429 g/mol. The molecular weight excluding hydrogens is 404 g/mol. The van der Waals surface area contributed by atoms with Crippen LogP contribution in [0.5, 0.6) is 5.75 Å². The molecule has 0 spiro atoms. The fraction of sp³-hybridized carbons (Fsp3) is 0.286. The first-order chi connectivity index (χ1) is 14.0. The Hall–Kier alpha value is -2.58. The average Bonchev–Trinajstić information content (AvgIpc) is 3.19. The Kier molecular flexibility index (Phi) is 7.48. The first-order valence-electron chi connectivity index (χ1n) is 9.23. The van der Waals surface area contributed by atoms with Crippen LogP contribution in [0.25, 0.3) is 0 Å². The van der Waals surface area contributed by atoms with Gasteiger partial charge in [0, 0.05) is 13.1 Å². The summed E-state index contributed by atoms with van der Waals surface area (Å²) < 4.78 is 5.93. The minimum atomic E-state index is -0.247. The molecule has 0 saturated heterocycles. The third-order valence-electron chi connectivity index (χ3n) is 4.24. The van der Waals surface area contributed by atoms with E-state index in [1.165, 1.54) is 28.7 Å². The number of nitrogens with one attached hydrogen (secondary N) is 2. The molecule has 152 valence electrons. The van der Waals surface area contributed by atoms with E-state index in [0.717, 1.165) is 26.3 Å². The Morgan fingerprint density at radius 2 is 1.72 bits per heavy atom. The van der Waals surface area contributed by atoms with E-state index in [-0.39, 0.29) is 11.2 Å². The first kappa shape index (κ1) is 21.1. The molecule has 0 aliphatic heterocycles. The van der Waals surface area contributed by atoms with E-state index in [2.05, 4.69) is 20.8 Å². The van der Waals surface area contributed by atoms with Gasteiger partial charge < -0.3 is 15.4 Å². The van der Waals surface area contributed by atoms with Crippen LogP contribution in [0.2, 0.25) is 0 Å². The van der Waals surface area contributed by atoms with Crippen LogP contribution in [0.3, 0.4) is 0 Å². The van der Waals surface area contributed by atoms with Gasteiger partial charge in [0.05, 0.1) is 12.4 Å². The standard InChI is InChI=1S/C21H24N4O2S2/c1-14-4-6-16(7-5-14)12-22-19(26)15(2)28-21-25-24-20(29-21)23-13-17-8-10-18(27-3)11-9-17/h4-11,15H,12-13H2,1-3H3,(H,22,26)(H,23,24). The van der Waals surface area contributed by atoms with Crippen LogP contribution in [0.1, 0.15) is 23.6 Å². The van der Waals surface area contributed by atoms with Crippen LogP contribution in [0.15, 0.2) is 52.9 Å². The first-order valence-corrected chi connectivity index (χ1v) is 10.9. The highest BCUT2D eigenvalue weighted by Crippen LogP contribution is 2.29. The second kappa shape index (κ2) is 10.3. The number of carbonyl (C=O) groups excluding carboxylic acids is 1. The van der Waals surface area contributed by atoms with Gasteiger partial charge in [0.2, 0.25) is 11.0 Å². The van der Waals surface area contributed by atoms with E-state index in [0.29, 0.717) is 13.1 Å². The minimum Gasteiger partial charge on any atom is -0.497 e. The number of hydrogen-bond acceptors (Lipinski definition) is 7. The Morgan fingerprint density at radius 3 is 2.41 bits per heavy atom. The number of amides is 1. The molecule has 3 aromatic rings. The number of aryl methyl sites for hydroxylation is 1. The molecular formula is C21H24N4O2S2. The zero-order chi connectivity index (χ0) is 20.6. The molecule has 1 heterocycles. The molecule has 0 radical (unpaired) electrons. The molecule has 1 aromatic heterocycles. The van der Waals surface area contributed by atoms with Gasteiger partial charge in [-0.25, -0.2) is 0 Å². The lowest BCUT2D eigenvalue weighted by molar-refractivity contribution is -0.120. The minimum absolute atomic E-state index is 0.0153. The van der Waals surface area contributed by atoms with Gasteiger partial charge in [-0.2, -0.15) is 0 Å². The van der Waals surface area contributed by atoms with Crippen LogP contribution < -0.4 is 15.4 Å². The van der Waals surface area contributed by atoms with Crippen LogP contribution in [0.4, 0.5) is 5.13 Å². The second-order valence-corrected chi connectivity index (χ2v) is 9.10. The molecule has 29 heavy (non-hydrogen) atoms. The summed E-state index contributed by atoms with van der Waals surface area (Å²) in [6.45, 7) is 5.09. The molecule has 2 N–H and O–H groups in total. The Morgan fingerprint density at radius 1 is 1.07 bits per heavy atom. The summed E-state index contributed by atoms with van der Waals surface area (Å²) in [5, 5.41) is 15.1. The van der Waals surface area contributed by atoms with Gasteiger partial charge in [-0.3, -0.25) is 4.79 Å². The molecule has 0 saturated carbocycles. The van der Waals surface area contributed by atoms with Crippen molar-refractivity contribution in [3.63, 3.8) is 0 Å². The van der Waals surface area contributed by atoms with Gasteiger partial charge in [-0.15, -0.1) is 10.2 Å². The number of benzene rings is 2. The molecule has 0 aliphatic rings. The van der Waals surface area contributed by atoms with Crippen molar-refractivity contribution >= 4 is 34.1 Å². The fourth-order valence-electron chi connectivity index (χ4n) is 2.49. The number of ether oxygens (including phenoxy) is 1. The van der Waals surface area contributed by atoms with E-state index in [9.17, 15) is 4.79 Å². The SMILES string of the molecule is COc1ccc(CNc2nnc(SC(C)C(=O)NCc3ccc(C)cc3)s2)cc1. The van der Waals surface area contributed by atoms with Gasteiger partial charge in [-0.1, -0.05) is 65.1 Å². The molecule has 2 aromatic carbocycles. The van der Waals surface area contributed by atoms with Crippen LogP contribution in [-0.2, 0) is 17.9 Å². The number of thioether (sulfide) groups is 1. The third kappa shape index (κ3) is 6.47. The third-order valence-corrected chi connectivity index (χ3v) is 6.31. The number of rotatable bonds is 9. The summed E-state index contributed by atoms with van der Waals surface area (Å²) in [4.78, 5) is 12.4. The number of anilines is 1. The van der Waals surface area contributed by atoms with Crippen molar-refractivity contribution in [2.75, 3.05) is 12.4 Å². The second-order valence-electron chi connectivity index (χ2n) is 6.54. The molecule has 1 amide bonds. The van der Waals surface area contributed by atoms with Crippen LogP contribution in [0, 0.1) is 6.92 Å². The summed E-state index contributed by atoms with van der Waals surface area (Å²) in [7, 11) is 1.65. The van der Waals surface area contributed by atoms with Crippen molar-refractivity contribution in [1.29, 1.82) is 0 Å². The highest BCUT2D eigenvalue weighted by atomic mass is 32.2. The Labute approximate surface area is 179 Å². The molecule has 3 rings (SSSR count). The number of nitrogens with zero attached hydrogens (tertiary/aromatic N) is 2. The lowest BCUT2D eigenvalue weighted by atomic mass is 10.1. The molecule has 0 fully saturated rings. The van der Waals surface area contributed by atoms with Crippen molar-refractivity contribution in [2.45, 2.75) is 36.5 Å². The topological polar surface area (TPSA) is 76.1 Å². The monoisotopic (exact) mass is 428 g/mol. The Balaban J connectivity index is 1.45. The maximum absolute atomic E-state index is 12.4. The maximum Gasteiger partial charge on any atom is 0.233 e. The summed E-state index contributed by atoms with van der Waals surface area (Å²) in [6.07, 6.45) is 0. The van der Waals surface area contributed by atoms with Crippen molar-refractivity contribution in [1.82, 2.24) is 15.5 Å². The molecule has 8 heteroatoms. The molecule has 6 nitrogen and oxygen atoms in total. The van der Waals surface area contributed by atoms with Gasteiger partial charge in [0.25, 0.3) is 0 Å². The normalized spacial score (nSPS) is 11.7. The van der Waals surface area contributed by atoms with Crippen molar-refractivity contribution in [3.8, 4) is 5.75 Å². The lowest BCUT2D eigenvalue weighted by Crippen LogP contribution is -2.30. The van der Waals surface area contributed by atoms with E-state index in [1.807, 2.05) is 62.4 Å². The summed E-state index contributed by atoms with van der Waals surface area (Å²) in [5.74, 6) is 0.816. The highest BCUT2D eigenvalue weighted by molar-refractivity contribution is 8.02. The van der Waals surface area contributed by atoms with E-state index < -0.39 is 0 Å². The van der Waals surface area contributed by atoms with E-state index >= 15 is 0 Å². The fourth-order valence-corrected chi connectivity index (χ4v) is 4.41. The van der Waals surface area contributed by atoms with Crippen LogP contribution in [-0.4, -0.2) is 28.5 Å². The van der Waals surface area contributed by atoms with Crippen molar-refractivity contribution in [3.05, 3.63) is 65.2 Å². The van der Waals surface area contributed by atoms with Crippen LogP contribution >= 0.6 is 23.1 Å². The van der Waals surface area contributed by atoms with Gasteiger partial charge >= 0.3 is 0 Å². The predicted octanol–water partition coefficient (Wildman–Crippen LogP) is 4.26. The number of hydrogen-bond donors (Lipinski definition) is 2. The molecule has 0 aliphatic carbocycles. The summed E-state index contributed by atoms with van der Waals surface area (Å²) >= 11 is 2.86. The number of carbonyl (C=O) groups is 1. The molecule has 1 unspecified atom stereocenters. The summed E-state index contributed by atoms with van der Waals surface area (Å²) in [6, 6.07) is 16.0. The van der Waals surface area contributed by atoms with E-state index in [1.54, 1.807) is 7.11 Å². The van der Waals surface area contributed by atoms with Gasteiger partial charge in [0.1, 0.15) is 5.75 Å². The zero-order valence-corrected chi connectivity index (χ0v) is 18.3.